The molecule has 0 fully saturated rings. The van der Waals surface area contributed by atoms with Crippen molar-refractivity contribution in [3.8, 4) is 0 Å². The molecule has 1 N–H and O–H groups in total. The van der Waals surface area contributed by atoms with Crippen LogP contribution < -0.4 is 4.90 Å². The van der Waals surface area contributed by atoms with Gasteiger partial charge < -0.3 is 4.90 Å². The van der Waals surface area contributed by atoms with Crippen molar-refractivity contribution in [1.29, 1.82) is 0 Å². The quantitative estimate of drug-likeness (QED) is 0.734. The van der Waals surface area contributed by atoms with Gasteiger partial charge in [-0.3, -0.25) is 0 Å². The first-order valence-electron chi connectivity index (χ1n) is 5.13. The van der Waals surface area contributed by atoms with E-state index in [2.05, 4.69) is 20.8 Å². The van der Waals surface area contributed by atoms with Gasteiger partial charge in [0.05, 0.1) is 6.54 Å². The zero-order valence-corrected chi connectivity index (χ0v) is 9.55. The molecule has 13 heavy (non-hydrogen) atoms. The third-order valence-corrected chi connectivity index (χ3v) is 4.08. The summed E-state index contributed by atoms with van der Waals surface area (Å²) in [7, 11) is 0. The van der Waals surface area contributed by atoms with Crippen LogP contribution in [0.1, 0.15) is 34.2 Å². The first-order chi connectivity index (χ1) is 6.22. The largest absolute Gasteiger partial charge is 0.327 e. The Balaban J connectivity index is 2.21. The Kier molecular flexibility index (Phi) is 2.43. The van der Waals surface area contributed by atoms with Gasteiger partial charge >= 0.3 is 0 Å². The van der Waals surface area contributed by atoms with E-state index in [1.165, 1.54) is 26.1 Å². The summed E-state index contributed by atoms with van der Waals surface area (Å²) in [6.07, 6.45) is 1.31. The monoisotopic (exact) mass is 196 g/mol. The Hall–Kier alpha value is -0.340. The van der Waals surface area contributed by atoms with Gasteiger partial charge in [0.15, 0.2) is 0 Å². The minimum atomic E-state index is 1.28. The van der Waals surface area contributed by atoms with Crippen molar-refractivity contribution in [2.45, 2.75) is 40.3 Å². The molecule has 2 heteroatoms. The number of hydrogen-bond donors (Lipinski definition) is 1. The van der Waals surface area contributed by atoms with Crippen molar-refractivity contribution >= 4 is 11.3 Å². The summed E-state index contributed by atoms with van der Waals surface area (Å²) in [5.74, 6) is 0. The van der Waals surface area contributed by atoms with Crippen LogP contribution in [0.4, 0.5) is 0 Å². The van der Waals surface area contributed by atoms with Crippen LogP contribution in [0.3, 0.4) is 0 Å². The summed E-state index contributed by atoms with van der Waals surface area (Å²) < 4.78 is 0. The molecule has 0 radical (unpaired) electrons. The first-order valence-corrected chi connectivity index (χ1v) is 5.95. The van der Waals surface area contributed by atoms with E-state index in [0.717, 1.165) is 0 Å². The van der Waals surface area contributed by atoms with Gasteiger partial charge in [-0.2, -0.15) is 0 Å². The van der Waals surface area contributed by atoms with Crippen LogP contribution in [0.25, 0.3) is 0 Å². The minimum Gasteiger partial charge on any atom is -0.327 e. The normalized spacial score (nSPS) is 16.5. The van der Waals surface area contributed by atoms with E-state index in [9.17, 15) is 0 Å². The Morgan fingerprint density at radius 2 is 1.69 bits per heavy atom. The maximum atomic E-state index is 2.28. The van der Waals surface area contributed by atoms with Gasteiger partial charge in [0.25, 0.3) is 0 Å². The summed E-state index contributed by atoms with van der Waals surface area (Å²) in [4.78, 5) is 4.86. The molecule has 0 aliphatic carbocycles. The van der Waals surface area contributed by atoms with Gasteiger partial charge in [0.2, 0.25) is 0 Å². The minimum absolute atomic E-state index is 1.28. The average Bonchev–Trinajstić information content (AvgIpc) is 2.57. The number of rotatable bonds is 2. The second-order valence-corrected chi connectivity index (χ2v) is 5.45. The molecule has 72 valence electrons. The molecule has 1 aromatic heterocycles. The number of nitrogens with one attached hydrogen (secondary N) is 1. The van der Waals surface area contributed by atoms with E-state index < -0.39 is 0 Å². The molecule has 2 heterocycles. The molecule has 1 aliphatic heterocycles. The number of aryl methyl sites for hydroxylation is 2. The van der Waals surface area contributed by atoms with Gasteiger partial charge in [-0.15, -0.1) is 11.3 Å². The fraction of sp³-hybridized carbons (Fsp3) is 0.636. The molecule has 2 rings (SSSR count). The number of thiophene rings is 1. The number of quaternary nitrogens is 1. The van der Waals surface area contributed by atoms with Crippen molar-refractivity contribution in [3.63, 3.8) is 0 Å². The van der Waals surface area contributed by atoms with Crippen molar-refractivity contribution in [1.82, 2.24) is 0 Å². The van der Waals surface area contributed by atoms with Crippen LogP contribution in [0.15, 0.2) is 0 Å². The van der Waals surface area contributed by atoms with E-state index in [0.29, 0.717) is 0 Å². The molecule has 0 bridgehead atoms. The van der Waals surface area contributed by atoms with E-state index >= 15 is 0 Å². The van der Waals surface area contributed by atoms with E-state index in [1.54, 1.807) is 25.8 Å². The molecule has 0 atom stereocenters. The zero-order chi connectivity index (χ0) is 9.42. The molecule has 0 aromatic carbocycles. The lowest BCUT2D eigenvalue weighted by atomic mass is 10.2. The van der Waals surface area contributed by atoms with Crippen molar-refractivity contribution in [3.05, 3.63) is 20.9 Å². The van der Waals surface area contributed by atoms with Crippen LogP contribution >= 0.6 is 11.3 Å². The summed E-state index contributed by atoms with van der Waals surface area (Å²) in [6.45, 7) is 10.7. The summed E-state index contributed by atoms with van der Waals surface area (Å²) in [5, 5.41) is 0. The fourth-order valence-corrected chi connectivity index (χ4v) is 3.43. The SMILES string of the molecule is CCC[NH+]1Cc2c(C)sc(C)c2C1. The smallest absolute Gasteiger partial charge is 0.105 e. The van der Waals surface area contributed by atoms with Crippen LogP contribution in [-0.2, 0) is 13.1 Å². The highest BCUT2D eigenvalue weighted by Crippen LogP contribution is 2.28. The number of hydrogen-bond acceptors (Lipinski definition) is 1. The Bertz CT molecular complexity index is 288. The lowest BCUT2D eigenvalue weighted by molar-refractivity contribution is -0.920. The van der Waals surface area contributed by atoms with E-state index in [4.69, 9.17) is 0 Å². The van der Waals surface area contributed by atoms with E-state index in [1.807, 2.05) is 11.3 Å². The van der Waals surface area contributed by atoms with Gasteiger partial charge in [0.1, 0.15) is 13.1 Å². The zero-order valence-electron chi connectivity index (χ0n) is 8.74. The molecule has 0 spiro atoms. The summed E-state index contributed by atoms with van der Waals surface area (Å²) in [5.41, 5.74) is 3.32. The molecule has 0 saturated heterocycles. The molecular formula is C11H18NS+. The first kappa shape index (κ1) is 9.22. The lowest BCUT2D eigenvalue weighted by Crippen LogP contribution is -3.07. The lowest BCUT2D eigenvalue weighted by Gasteiger charge is -2.10. The molecule has 1 aromatic rings. The molecule has 1 aliphatic rings. The Morgan fingerprint density at radius 3 is 2.15 bits per heavy atom. The number of fused-ring (bicyclic) bond motifs is 1. The van der Waals surface area contributed by atoms with Crippen LogP contribution in [0, 0.1) is 13.8 Å². The summed E-state index contributed by atoms with van der Waals surface area (Å²) in [6, 6.07) is 0. The molecule has 0 unspecified atom stereocenters. The Morgan fingerprint density at radius 1 is 1.15 bits per heavy atom. The highest BCUT2D eigenvalue weighted by Gasteiger charge is 2.26. The highest BCUT2D eigenvalue weighted by atomic mass is 32.1. The maximum absolute atomic E-state index is 2.28. The van der Waals surface area contributed by atoms with Gasteiger partial charge in [-0.1, -0.05) is 6.92 Å². The molecule has 0 saturated carbocycles. The van der Waals surface area contributed by atoms with Gasteiger partial charge in [-0.05, 0) is 20.3 Å². The van der Waals surface area contributed by atoms with Crippen LogP contribution in [0.2, 0.25) is 0 Å². The van der Waals surface area contributed by atoms with Crippen molar-refractivity contribution in [2.75, 3.05) is 6.54 Å². The van der Waals surface area contributed by atoms with Crippen molar-refractivity contribution in [2.24, 2.45) is 0 Å². The standard InChI is InChI=1S/C11H17NS/c1-4-5-12-6-10-8(2)13-9(3)11(10)7-12/h4-7H2,1-3H3/p+1. The fourth-order valence-electron chi connectivity index (χ4n) is 2.33. The third kappa shape index (κ3) is 1.53. The van der Waals surface area contributed by atoms with Gasteiger partial charge in [0, 0.05) is 20.9 Å². The molecule has 1 nitrogen and oxygen atoms in total. The maximum Gasteiger partial charge on any atom is 0.105 e. The topological polar surface area (TPSA) is 4.44 Å². The second kappa shape index (κ2) is 3.43. The van der Waals surface area contributed by atoms with Gasteiger partial charge in [-0.25, -0.2) is 0 Å². The average molecular weight is 196 g/mol. The van der Waals surface area contributed by atoms with Crippen LogP contribution in [-0.4, -0.2) is 6.54 Å². The van der Waals surface area contributed by atoms with Crippen LogP contribution in [0.5, 0.6) is 0 Å². The predicted molar refractivity (Wildman–Crippen MR) is 57.3 cm³/mol. The Labute approximate surface area is 84.4 Å². The second-order valence-electron chi connectivity index (χ2n) is 4.03. The predicted octanol–water partition coefficient (Wildman–Crippen LogP) is 1.67. The molecular weight excluding hydrogens is 178 g/mol. The van der Waals surface area contributed by atoms with Crippen molar-refractivity contribution < 1.29 is 4.90 Å². The summed E-state index contributed by atoms with van der Waals surface area (Å²) >= 11 is 1.98. The van der Waals surface area contributed by atoms with E-state index in [-0.39, 0.29) is 0 Å². The highest BCUT2D eigenvalue weighted by molar-refractivity contribution is 7.12. The molecule has 0 amide bonds. The third-order valence-electron chi connectivity index (χ3n) is 2.98.